The van der Waals surface area contributed by atoms with E-state index in [2.05, 4.69) is 5.32 Å². The van der Waals surface area contributed by atoms with Gasteiger partial charge in [0.05, 0.1) is 0 Å². The molecule has 1 heterocycles. The van der Waals surface area contributed by atoms with Crippen molar-refractivity contribution < 1.29 is 19.8 Å². The monoisotopic (exact) mass is 334 g/mol. The summed E-state index contributed by atoms with van der Waals surface area (Å²) < 4.78 is 0. The van der Waals surface area contributed by atoms with Crippen LogP contribution in [0.2, 0.25) is 0 Å². The van der Waals surface area contributed by atoms with Crippen LogP contribution >= 0.6 is 0 Å². The Balaban J connectivity index is 1.91. The van der Waals surface area contributed by atoms with Crippen molar-refractivity contribution in [1.82, 2.24) is 10.2 Å². The Bertz CT molecular complexity index is 527. The van der Waals surface area contributed by atoms with Crippen molar-refractivity contribution in [2.75, 3.05) is 19.7 Å². The Labute approximate surface area is 142 Å². The molecule has 1 aliphatic rings. The van der Waals surface area contributed by atoms with E-state index in [1.165, 1.54) is 0 Å². The fraction of sp³-hybridized carbons (Fsp3) is 0.556. The summed E-state index contributed by atoms with van der Waals surface area (Å²) in [6.45, 7) is 1.44. The van der Waals surface area contributed by atoms with E-state index in [0.29, 0.717) is 25.9 Å². The molecule has 6 nitrogen and oxygen atoms in total. The number of carboxylic acids is 1. The van der Waals surface area contributed by atoms with Crippen molar-refractivity contribution in [3.05, 3.63) is 35.9 Å². The van der Waals surface area contributed by atoms with E-state index in [0.717, 1.165) is 18.4 Å². The number of nitrogens with zero attached hydrogens (tertiary/aromatic N) is 1. The molecule has 6 heteroatoms. The molecule has 0 aromatic heterocycles. The van der Waals surface area contributed by atoms with Crippen LogP contribution in [0.3, 0.4) is 0 Å². The van der Waals surface area contributed by atoms with Crippen LogP contribution in [0.5, 0.6) is 0 Å². The molecular formula is C18H26N2O4. The molecule has 24 heavy (non-hydrogen) atoms. The minimum atomic E-state index is -0.855. The van der Waals surface area contributed by atoms with E-state index in [-0.39, 0.29) is 31.0 Å². The van der Waals surface area contributed by atoms with Gasteiger partial charge in [0.2, 0.25) is 0 Å². The molecule has 132 valence electrons. The Morgan fingerprint density at radius 3 is 2.46 bits per heavy atom. The van der Waals surface area contributed by atoms with Gasteiger partial charge in [-0.15, -0.1) is 0 Å². The van der Waals surface area contributed by atoms with Gasteiger partial charge in [0.1, 0.15) is 0 Å². The first-order valence-electron chi connectivity index (χ1n) is 8.50. The minimum absolute atomic E-state index is 0.0321. The highest BCUT2D eigenvalue weighted by atomic mass is 16.4. The molecule has 1 aromatic rings. The number of carbonyl (C=O) groups excluding carboxylic acids is 1. The highest BCUT2D eigenvalue weighted by molar-refractivity contribution is 5.74. The number of urea groups is 1. The summed E-state index contributed by atoms with van der Waals surface area (Å²) in [4.78, 5) is 25.1. The van der Waals surface area contributed by atoms with Crippen LogP contribution in [0.1, 0.15) is 31.2 Å². The lowest BCUT2D eigenvalue weighted by atomic mass is 9.98. The quantitative estimate of drug-likeness (QED) is 0.710. The van der Waals surface area contributed by atoms with Crippen molar-refractivity contribution in [2.24, 2.45) is 5.92 Å². The van der Waals surface area contributed by atoms with E-state index >= 15 is 0 Å². The Morgan fingerprint density at radius 1 is 1.21 bits per heavy atom. The Morgan fingerprint density at radius 2 is 1.88 bits per heavy atom. The molecule has 1 fully saturated rings. The third-order valence-electron chi connectivity index (χ3n) is 4.52. The van der Waals surface area contributed by atoms with Gasteiger partial charge in [-0.3, -0.25) is 4.79 Å². The van der Waals surface area contributed by atoms with Gasteiger partial charge in [-0.2, -0.15) is 0 Å². The molecule has 2 rings (SSSR count). The van der Waals surface area contributed by atoms with E-state index in [1.54, 1.807) is 4.90 Å². The van der Waals surface area contributed by atoms with E-state index in [1.807, 2.05) is 30.3 Å². The van der Waals surface area contributed by atoms with Gasteiger partial charge in [-0.25, -0.2) is 4.79 Å². The third kappa shape index (κ3) is 5.85. The second kappa shape index (κ2) is 9.27. The maximum absolute atomic E-state index is 12.4. The summed E-state index contributed by atoms with van der Waals surface area (Å²) in [6, 6.07) is 9.42. The zero-order chi connectivity index (χ0) is 17.4. The van der Waals surface area contributed by atoms with Crippen molar-refractivity contribution in [3.8, 4) is 0 Å². The van der Waals surface area contributed by atoms with Crippen LogP contribution in [0.15, 0.2) is 30.3 Å². The molecule has 3 N–H and O–H groups in total. The number of carboxylic acid groups (broad SMARTS) is 1. The summed E-state index contributed by atoms with van der Waals surface area (Å²) >= 11 is 0. The van der Waals surface area contributed by atoms with E-state index in [4.69, 9.17) is 5.11 Å². The maximum Gasteiger partial charge on any atom is 0.317 e. The number of likely N-dealkylation sites (tertiary alicyclic amines) is 1. The van der Waals surface area contributed by atoms with Gasteiger partial charge in [0.25, 0.3) is 0 Å². The molecular weight excluding hydrogens is 308 g/mol. The number of hydrogen-bond donors (Lipinski definition) is 3. The number of rotatable bonds is 7. The topological polar surface area (TPSA) is 89.9 Å². The summed E-state index contributed by atoms with van der Waals surface area (Å²) in [5.74, 6) is -0.577. The number of nitrogens with one attached hydrogen (secondary N) is 1. The average molecular weight is 334 g/mol. The van der Waals surface area contributed by atoms with E-state index in [9.17, 15) is 14.7 Å². The summed E-state index contributed by atoms with van der Waals surface area (Å²) in [7, 11) is 0. The standard InChI is InChI=1S/C18H26N2O4/c21-13-15-8-10-20(11-9-15)18(24)19-16(6-7-17(22)23)12-14-4-2-1-3-5-14/h1-5,15-16,21H,6-13H2,(H,19,24)(H,22,23). The first-order chi connectivity index (χ1) is 11.6. The fourth-order valence-electron chi connectivity index (χ4n) is 3.01. The Hall–Kier alpha value is -2.08. The van der Waals surface area contributed by atoms with Gasteiger partial charge >= 0.3 is 12.0 Å². The predicted octanol–water partition coefficient (Wildman–Crippen LogP) is 1.88. The summed E-state index contributed by atoms with van der Waals surface area (Å²) in [6.07, 6.45) is 2.67. The smallest absolute Gasteiger partial charge is 0.317 e. The second-order valence-corrected chi connectivity index (χ2v) is 6.38. The van der Waals surface area contributed by atoms with Gasteiger partial charge in [0.15, 0.2) is 0 Å². The molecule has 0 saturated carbocycles. The molecule has 1 saturated heterocycles. The molecule has 0 radical (unpaired) electrons. The SMILES string of the molecule is O=C(O)CCC(Cc1ccccc1)NC(=O)N1CCC(CO)CC1. The fourth-order valence-corrected chi connectivity index (χ4v) is 3.01. The normalized spacial score (nSPS) is 16.6. The van der Waals surface area contributed by atoms with Gasteiger partial charge in [0, 0.05) is 32.2 Å². The lowest BCUT2D eigenvalue weighted by molar-refractivity contribution is -0.137. The maximum atomic E-state index is 12.4. The molecule has 0 bridgehead atoms. The highest BCUT2D eigenvalue weighted by Crippen LogP contribution is 2.17. The number of amides is 2. The third-order valence-corrected chi connectivity index (χ3v) is 4.52. The van der Waals surface area contributed by atoms with Crippen molar-refractivity contribution >= 4 is 12.0 Å². The second-order valence-electron chi connectivity index (χ2n) is 6.38. The zero-order valence-corrected chi connectivity index (χ0v) is 13.9. The van der Waals surface area contributed by atoms with Crippen LogP contribution in [0.25, 0.3) is 0 Å². The largest absolute Gasteiger partial charge is 0.481 e. The van der Waals surface area contributed by atoms with Crippen molar-refractivity contribution in [2.45, 2.75) is 38.1 Å². The lowest BCUT2D eigenvalue weighted by Gasteiger charge is -2.32. The number of piperidine rings is 1. The first-order valence-corrected chi connectivity index (χ1v) is 8.50. The van der Waals surface area contributed by atoms with Crippen LogP contribution in [0, 0.1) is 5.92 Å². The van der Waals surface area contributed by atoms with E-state index < -0.39 is 5.97 Å². The predicted molar refractivity (Wildman–Crippen MR) is 90.7 cm³/mol. The highest BCUT2D eigenvalue weighted by Gasteiger charge is 2.24. The number of aliphatic carboxylic acids is 1. The number of aliphatic hydroxyl groups excluding tert-OH is 1. The van der Waals surface area contributed by atoms with Crippen molar-refractivity contribution in [3.63, 3.8) is 0 Å². The molecule has 0 spiro atoms. The molecule has 0 aliphatic carbocycles. The number of hydrogen-bond acceptors (Lipinski definition) is 3. The van der Waals surface area contributed by atoms with Crippen LogP contribution < -0.4 is 5.32 Å². The van der Waals surface area contributed by atoms with Gasteiger partial charge in [-0.1, -0.05) is 30.3 Å². The number of aliphatic hydroxyl groups is 1. The summed E-state index contributed by atoms with van der Waals surface area (Å²) in [5.41, 5.74) is 1.08. The van der Waals surface area contributed by atoms with Crippen LogP contribution in [-0.4, -0.2) is 52.9 Å². The van der Waals surface area contributed by atoms with Gasteiger partial charge < -0.3 is 20.4 Å². The number of benzene rings is 1. The molecule has 1 atom stereocenters. The molecule has 1 unspecified atom stereocenters. The first kappa shape index (κ1) is 18.3. The van der Waals surface area contributed by atoms with Crippen LogP contribution in [-0.2, 0) is 11.2 Å². The van der Waals surface area contributed by atoms with Crippen molar-refractivity contribution in [1.29, 1.82) is 0 Å². The molecule has 2 amide bonds. The molecule has 1 aliphatic heterocycles. The minimum Gasteiger partial charge on any atom is -0.481 e. The Kier molecular flexibility index (Phi) is 7.06. The van der Waals surface area contributed by atoms with Crippen LogP contribution in [0.4, 0.5) is 4.79 Å². The molecule has 1 aromatic carbocycles. The lowest BCUT2D eigenvalue weighted by Crippen LogP contribution is -2.48. The van der Waals surface area contributed by atoms with Gasteiger partial charge in [-0.05, 0) is 37.2 Å². The number of carbonyl (C=O) groups is 2. The zero-order valence-electron chi connectivity index (χ0n) is 13.9. The summed E-state index contributed by atoms with van der Waals surface area (Å²) in [5, 5.41) is 21.1. The average Bonchev–Trinajstić information content (AvgIpc) is 2.60.